The van der Waals surface area contributed by atoms with Crippen LogP contribution in [0, 0.1) is 5.41 Å². The van der Waals surface area contributed by atoms with Gasteiger partial charge >= 0.3 is 5.97 Å². The Morgan fingerprint density at radius 3 is 2.62 bits per heavy atom. The quantitative estimate of drug-likeness (QED) is 0.227. The number of aromatic hydroxyl groups is 1. The van der Waals surface area contributed by atoms with Crippen LogP contribution in [0.15, 0.2) is 54.7 Å². The van der Waals surface area contributed by atoms with E-state index in [9.17, 15) is 23.1 Å². The predicted octanol–water partition coefficient (Wildman–Crippen LogP) is 4.50. The van der Waals surface area contributed by atoms with E-state index in [-0.39, 0.29) is 57.7 Å². The lowest BCUT2D eigenvalue weighted by molar-refractivity contribution is -0.155. The minimum atomic E-state index is -4.11. The van der Waals surface area contributed by atoms with Crippen LogP contribution < -0.4 is 10.1 Å². The van der Waals surface area contributed by atoms with Crippen LogP contribution >= 0.6 is 0 Å². The van der Waals surface area contributed by atoms with Crippen molar-refractivity contribution in [3.8, 4) is 28.1 Å². The number of cyclic esters (lactones) is 1. The van der Waals surface area contributed by atoms with E-state index in [1.165, 1.54) is 9.31 Å². The van der Waals surface area contributed by atoms with Crippen molar-refractivity contribution in [1.29, 1.82) is 0 Å². The molecular formula is C41H52N6O8S. The number of methoxy groups -OCH3 is 1. The highest BCUT2D eigenvalue weighted by Gasteiger charge is 2.37. The lowest BCUT2D eigenvalue weighted by atomic mass is 9.84. The van der Waals surface area contributed by atoms with Gasteiger partial charge in [0, 0.05) is 61.4 Å². The Balaban J connectivity index is 1.39. The maximum Gasteiger partial charge on any atom is 0.324 e. The number of fused-ring (bicyclic) bond motifs is 6. The molecule has 3 aliphatic heterocycles. The first kappa shape index (κ1) is 39.8. The third-order valence-corrected chi connectivity index (χ3v) is 12.6. The lowest BCUT2D eigenvalue weighted by Crippen LogP contribution is -2.61. The summed E-state index contributed by atoms with van der Waals surface area (Å²) in [6, 6.07) is 13.3. The number of pyridine rings is 1. The molecule has 1 amide bonds. The number of carbonyl (C=O) groups is 2. The van der Waals surface area contributed by atoms with Crippen molar-refractivity contribution in [1.82, 2.24) is 29.0 Å². The van der Waals surface area contributed by atoms with Crippen molar-refractivity contribution >= 4 is 33.0 Å². The number of hydrazine groups is 1. The minimum absolute atomic E-state index is 0.0186. The number of amides is 1. The third kappa shape index (κ3) is 8.20. The lowest BCUT2D eigenvalue weighted by Gasteiger charge is -2.36. The van der Waals surface area contributed by atoms with Crippen molar-refractivity contribution < 1.29 is 37.3 Å². The van der Waals surface area contributed by atoms with Crippen molar-refractivity contribution in [3.63, 3.8) is 0 Å². The van der Waals surface area contributed by atoms with Crippen molar-refractivity contribution in [3.05, 3.63) is 71.5 Å². The number of benzene rings is 2. The van der Waals surface area contributed by atoms with E-state index in [0.29, 0.717) is 36.9 Å². The van der Waals surface area contributed by atoms with Gasteiger partial charge in [0.15, 0.2) is 0 Å². The molecule has 5 heterocycles. The van der Waals surface area contributed by atoms with E-state index in [1.54, 1.807) is 25.4 Å². The molecule has 0 unspecified atom stereocenters. The summed E-state index contributed by atoms with van der Waals surface area (Å²) in [5, 5.41) is 13.4. The first-order valence-corrected chi connectivity index (χ1v) is 20.8. The summed E-state index contributed by atoms with van der Waals surface area (Å²) in [7, 11) is -2.44. The highest BCUT2D eigenvalue weighted by molar-refractivity contribution is 7.87. The molecule has 3 atom stereocenters. The molecule has 3 N–H and O–H groups in total. The summed E-state index contributed by atoms with van der Waals surface area (Å²) in [6.45, 7) is 10.1. The van der Waals surface area contributed by atoms with Crippen molar-refractivity contribution in [2.24, 2.45) is 5.41 Å². The molecular weight excluding hydrogens is 737 g/mol. The zero-order valence-electron chi connectivity index (χ0n) is 32.7. The molecule has 0 radical (unpaired) electrons. The standard InChI is InChI=1S/C41H52N6O8S/c1-6-46-36-12-11-28-23-32(36)33(38(46)31-9-7-13-42-37(31)26(2)53-5)24-41(3,4)25-55-40(50)34-10-8-14-47(43-34)39(49)35(21-27-19-29(28)22-30(48)20-27)44-56(51,52)45-15-17-54-18-16-45/h7,9,11-13,19-20,22-23,26,34-35,43-44,48H,6,8,10,14-18,21,24-25H2,1-5H3/t26-,34-,35-/m0/s1. The Labute approximate surface area is 328 Å². The maximum absolute atomic E-state index is 14.3. The number of ether oxygens (including phenoxy) is 3. The van der Waals surface area contributed by atoms with Gasteiger partial charge in [-0.25, -0.2) is 5.43 Å². The Morgan fingerprint density at radius 1 is 1.09 bits per heavy atom. The third-order valence-electron chi connectivity index (χ3n) is 11.0. The fraction of sp³-hybridized carbons (Fsp3) is 0.488. The van der Waals surface area contributed by atoms with Crippen LogP contribution in [0.3, 0.4) is 0 Å². The van der Waals surface area contributed by atoms with Gasteiger partial charge in [-0.1, -0.05) is 26.0 Å². The number of nitrogens with zero attached hydrogens (tertiary/aromatic N) is 4. The Kier molecular flexibility index (Phi) is 11.5. The highest BCUT2D eigenvalue weighted by Crippen LogP contribution is 2.42. The number of hydrogen-bond acceptors (Lipinski definition) is 10. The summed E-state index contributed by atoms with van der Waals surface area (Å²) in [5.41, 5.74) is 9.47. The molecule has 15 heteroatoms. The van der Waals surface area contributed by atoms with Crippen LogP contribution in [0.5, 0.6) is 5.75 Å². The van der Waals surface area contributed by atoms with Gasteiger partial charge in [0.1, 0.15) is 17.8 Å². The van der Waals surface area contributed by atoms with Gasteiger partial charge in [0.05, 0.1) is 37.3 Å². The number of rotatable bonds is 7. The minimum Gasteiger partial charge on any atom is -0.508 e. The molecule has 2 aromatic carbocycles. The van der Waals surface area contributed by atoms with Gasteiger partial charge in [-0.2, -0.15) is 17.4 Å². The number of nitrogens with one attached hydrogen (secondary N) is 2. The number of esters is 1. The fourth-order valence-electron chi connectivity index (χ4n) is 8.09. The molecule has 14 nitrogen and oxygen atoms in total. The summed E-state index contributed by atoms with van der Waals surface area (Å²) in [6.07, 6.45) is 2.95. The number of phenols is 1. The van der Waals surface area contributed by atoms with Gasteiger partial charge in [-0.15, -0.1) is 0 Å². The Morgan fingerprint density at radius 2 is 1.88 bits per heavy atom. The van der Waals surface area contributed by atoms with Crippen LogP contribution in [0.4, 0.5) is 0 Å². The average molecular weight is 789 g/mol. The van der Waals surface area contributed by atoms with Gasteiger partial charge in [0.25, 0.3) is 16.1 Å². The molecule has 300 valence electrons. The van der Waals surface area contributed by atoms with Crippen LogP contribution in [-0.4, -0.2) is 103 Å². The van der Waals surface area contributed by atoms with E-state index >= 15 is 0 Å². The SMILES string of the molecule is CCn1c(-c2cccnc2[C@H](C)OC)c2c3cc(ccc31)-c1cc(O)cc(c1)C[C@H](NS(=O)(=O)N1CCOCC1)C(=O)N1CCC[C@H](N1)C(=O)OCC(C)(C)C2. The molecule has 2 saturated heterocycles. The zero-order chi connectivity index (χ0) is 39.8. The second kappa shape index (κ2) is 16.2. The first-order chi connectivity index (χ1) is 26.8. The molecule has 6 bridgehead atoms. The van der Waals surface area contributed by atoms with Crippen LogP contribution in [0.2, 0.25) is 0 Å². The van der Waals surface area contributed by atoms with Crippen LogP contribution in [0.25, 0.3) is 33.3 Å². The largest absolute Gasteiger partial charge is 0.508 e. The van der Waals surface area contributed by atoms with Gasteiger partial charge in [-0.3, -0.25) is 19.6 Å². The smallest absolute Gasteiger partial charge is 0.324 e. The monoisotopic (exact) mass is 788 g/mol. The molecule has 0 spiro atoms. The fourth-order valence-corrected chi connectivity index (χ4v) is 9.41. The Bertz CT molecular complexity index is 2220. The number of aromatic nitrogens is 2. The molecule has 7 rings (SSSR count). The topological polar surface area (TPSA) is 165 Å². The molecule has 4 aromatic rings. The van der Waals surface area contributed by atoms with Gasteiger partial charge < -0.3 is 23.9 Å². The molecule has 0 saturated carbocycles. The number of aryl methyl sites for hydroxylation is 1. The van der Waals surface area contributed by atoms with Crippen LogP contribution in [-0.2, 0) is 53.4 Å². The van der Waals surface area contributed by atoms with Crippen molar-refractivity contribution in [2.45, 2.75) is 78.1 Å². The van der Waals surface area contributed by atoms with E-state index in [1.807, 2.05) is 25.1 Å². The number of morpholine rings is 1. The number of carbonyl (C=O) groups excluding carboxylic acids is 2. The van der Waals surface area contributed by atoms with Gasteiger partial charge in [-0.05, 0) is 98.2 Å². The number of hydrogen-bond donors (Lipinski definition) is 3. The summed E-state index contributed by atoms with van der Waals surface area (Å²) in [5.74, 6) is -1.04. The summed E-state index contributed by atoms with van der Waals surface area (Å²) in [4.78, 5) is 32.7. The zero-order valence-corrected chi connectivity index (χ0v) is 33.5. The molecule has 2 aromatic heterocycles. The Hall–Kier alpha value is -4.38. The average Bonchev–Trinajstić information content (AvgIpc) is 3.50. The summed E-state index contributed by atoms with van der Waals surface area (Å²) >= 11 is 0. The van der Waals surface area contributed by atoms with E-state index < -0.39 is 39.6 Å². The molecule has 0 aliphatic carbocycles. The van der Waals surface area contributed by atoms with Crippen molar-refractivity contribution in [2.75, 3.05) is 46.6 Å². The molecule has 2 fully saturated rings. The summed E-state index contributed by atoms with van der Waals surface area (Å²) < 4.78 is 50.7. The number of phenolic OH excluding ortho intramolecular Hbond substituents is 1. The maximum atomic E-state index is 14.3. The molecule has 56 heavy (non-hydrogen) atoms. The van der Waals surface area contributed by atoms with E-state index in [2.05, 4.69) is 53.7 Å². The van der Waals surface area contributed by atoms with E-state index in [4.69, 9.17) is 19.2 Å². The van der Waals surface area contributed by atoms with Gasteiger partial charge in [0.2, 0.25) is 0 Å². The highest BCUT2D eigenvalue weighted by atomic mass is 32.2. The van der Waals surface area contributed by atoms with Crippen LogP contribution in [0.1, 0.15) is 63.5 Å². The second-order valence-corrected chi connectivity index (χ2v) is 17.4. The molecule has 3 aliphatic rings. The second-order valence-electron chi connectivity index (χ2n) is 15.7. The normalized spacial score (nSPS) is 21.8. The first-order valence-electron chi connectivity index (χ1n) is 19.3. The van der Waals surface area contributed by atoms with E-state index in [0.717, 1.165) is 39.0 Å². The predicted molar refractivity (Wildman–Crippen MR) is 212 cm³/mol.